The van der Waals surface area contributed by atoms with Gasteiger partial charge in [0, 0.05) is 24.2 Å². The second-order valence-corrected chi connectivity index (χ2v) is 14.7. The van der Waals surface area contributed by atoms with Crippen molar-refractivity contribution in [2.75, 3.05) is 18.0 Å². The first-order chi connectivity index (χ1) is 21.4. The molecule has 2 aliphatic carbocycles. The number of halogens is 3. The van der Waals surface area contributed by atoms with Crippen molar-refractivity contribution < 1.29 is 31.5 Å². The highest BCUT2D eigenvalue weighted by molar-refractivity contribution is 7.92. The van der Waals surface area contributed by atoms with E-state index < -0.39 is 43.7 Å². The van der Waals surface area contributed by atoms with Crippen molar-refractivity contribution in [3.05, 3.63) is 41.6 Å². The summed E-state index contributed by atoms with van der Waals surface area (Å²) in [6.45, 7) is 3.04. The summed E-state index contributed by atoms with van der Waals surface area (Å²) in [5, 5.41) is 27.4. The van der Waals surface area contributed by atoms with Gasteiger partial charge in [-0.05, 0) is 57.2 Å². The first-order valence-electron chi connectivity index (χ1n) is 16.0. The van der Waals surface area contributed by atoms with Crippen LogP contribution in [0.25, 0.3) is 0 Å². The monoisotopic (exact) mass is 651 g/mol. The van der Waals surface area contributed by atoms with Crippen LogP contribution in [0.2, 0.25) is 0 Å². The third-order valence-corrected chi connectivity index (χ3v) is 11.0. The Balaban J connectivity index is 0.000000245. The van der Waals surface area contributed by atoms with Gasteiger partial charge in [0.25, 0.3) is 0 Å². The Morgan fingerprint density at radius 3 is 2.36 bits per heavy atom. The first kappa shape index (κ1) is 34.8. The van der Waals surface area contributed by atoms with E-state index in [0.29, 0.717) is 17.8 Å². The van der Waals surface area contributed by atoms with E-state index in [9.17, 15) is 31.5 Å². The summed E-state index contributed by atoms with van der Waals surface area (Å²) >= 11 is 0. The maximum absolute atomic E-state index is 13.3. The molecular weight excluding hydrogens is 607 g/mol. The van der Waals surface area contributed by atoms with Crippen LogP contribution in [0.1, 0.15) is 108 Å². The summed E-state index contributed by atoms with van der Waals surface area (Å²) in [5.41, 5.74) is -0.514. The number of aromatic nitrogens is 2. The molecule has 1 aliphatic heterocycles. The third kappa shape index (κ3) is 9.22. The first-order valence-corrected chi connectivity index (χ1v) is 17.6. The minimum atomic E-state index is -4.84. The zero-order valence-electron chi connectivity index (χ0n) is 25.8. The lowest BCUT2D eigenvalue weighted by molar-refractivity contribution is -0.140. The van der Waals surface area contributed by atoms with Gasteiger partial charge in [-0.3, -0.25) is 10.4 Å². The van der Waals surface area contributed by atoms with Gasteiger partial charge in [0.05, 0.1) is 21.8 Å². The lowest BCUT2D eigenvalue weighted by Crippen LogP contribution is -2.36. The molecule has 2 heterocycles. The van der Waals surface area contributed by atoms with Crippen molar-refractivity contribution in [3.63, 3.8) is 0 Å². The number of aliphatic carboxylic acids is 1. The molecule has 3 fully saturated rings. The molecule has 0 bridgehead atoms. The molecule has 0 amide bonds. The number of carboxylic acid groups (broad SMARTS) is 1. The Hall–Kier alpha value is -3.11. The molecule has 1 saturated heterocycles. The molecule has 45 heavy (non-hydrogen) atoms. The Kier molecular flexibility index (Phi) is 11.6. The number of nitriles is 1. The highest BCUT2D eigenvalue weighted by Gasteiger charge is 2.47. The molecule has 1 aromatic carbocycles. The molecule has 9 nitrogen and oxygen atoms in total. The summed E-state index contributed by atoms with van der Waals surface area (Å²) in [7, 11) is -4.42. The highest BCUT2D eigenvalue weighted by Crippen LogP contribution is 2.42. The smallest absolute Gasteiger partial charge is 0.417 e. The van der Waals surface area contributed by atoms with E-state index in [1.54, 1.807) is 6.07 Å². The van der Waals surface area contributed by atoms with E-state index in [4.69, 9.17) is 5.26 Å². The fourth-order valence-electron chi connectivity index (χ4n) is 5.75. The van der Waals surface area contributed by atoms with E-state index in [1.807, 2.05) is 0 Å². The van der Waals surface area contributed by atoms with Crippen molar-refractivity contribution >= 4 is 21.6 Å². The number of rotatable bonds is 15. The maximum Gasteiger partial charge on any atom is 0.417 e. The van der Waals surface area contributed by atoms with Crippen molar-refractivity contribution in [3.8, 4) is 6.07 Å². The number of unbranched alkanes of at least 4 members (excludes halogenated alkanes) is 7. The van der Waals surface area contributed by atoms with E-state index in [2.05, 4.69) is 28.5 Å². The van der Waals surface area contributed by atoms with Gasteiger partial charge in [0.2, 0.25) is 0 Å². The van der Waals surface area contributed by atoms with Crippen LogP contribution in [0, 0.1) is 11.3 Å². The van der Waals surface area contributed by atoms with Crippen LogP contribution in [0.15, 0.2) is 35.2 Å². The van der Waals surface area contributed by atoms with E-state index in [0.717, 1.165) is 50.1 Å². The molecule has 2 atom stereocenters. The molecule has 3 N–H and O–H groups in total. The van der Waals surface area contributed by atoms with Crippen LogP contribution >= 0.6 is 0 Å². The summed E-state index contributed by atoms with van der Waals surface area (Å²) in [5.74, 6) is -0.621. The number of nitrogens with zero attached hydrogens (tertiary/aromatic N) is 3. The number of H-pyrrole nitrogens is 1. The van der Waals surface area contributed by atoms with Crippen LogP contribution in [-0.4, -0.2) is 59.6 Å². The number of hydrogen-bond acceptors (Lipinski definition) is 7. The Morgan fingerprint density at radius 2 is 1.78 bits per heavy atom. The van der Waals surface area contributed by atoms with Gasteiger partial charge in [-0.2, -0.15) is 23.5 Å². The summed E-state index contributed by atoms with van der Waals surface area (Å²) < 4.78 is 66.0. The lowest BCUT2D eigenvalue weighted by atomic mass is 10.1. The van der Waals surface area contributed by atoms with Gasteiger partial charge in [0.15, 0.2) is 15.7 Å². The van der Waals surface area contributed by atoms with Crippen LogP contribution in [0.3, 0.4) is 0 Å². The number of carbonyl (C=O) groups is 1. The van der Waals surface area contributed by atoms with Crippen molar-refractivity contribution in [2.45, 2.75) is 124 Å². The molecule has 3 aliphatic rings. The summed E-state index contributed by atoms with van der Waals surface area (Å²) in [6.07, 6.45) is 9.80. The zero-order chi connectivity index (χ0) is 32.7. The third-order valence-electron chi connectivity index (χ3n) is 8.84. The minimum Gasteiger partial charge on any atom is -0.480 e. The molecule has 1 aromatic heterocycles. The number of anilines is 1. The normalized spacial score (nSPS) is 20.7. The van der Waals surface area contributed by atoms with E-state index in [-0.39, 0.29) is 18.5 Å². The van der Waals surface area contributed by atoms with Crippen molar-refractivity contribution in [1.29, 1.82) is 5.26 Å². The minimum absolute atomic E-state index is 0.110. The van der Waals surface area contributed by atoms with Gasteiger partial charge in [0.1, 0.15) is 11.6 Å². The van der Waals surface area contributed by atoms with Gasteiger partial charge in [-0.1, -0.05) is 64.0 Å². The van der Waals surface area contributed by atoms with E-state index in [1.165, 1.54) is 62.3 Å². The number of carboxylic acids is 1. The molecule has 0 unspecified atom stereocenters. The number of aromatic amines is 1. The summed E-state index contributed by atoms with van der Waals surface area (Å²) in [4.78, 5) is 12.2. The second-order valence-electron chi connectivity index (χ2n) is 12.5. The molecule has 2 saturated carbocycles. The fraction of sp³-hybridized carbons (Fsp3) is 0.656. The van der Waals surface area contributed by atoms with Crippen LogP contribution < -0.4 is 10.2 Å². The Morgan fingerprint density at radius 1 is 1.13 bits per heavy atom. The quantitative estimate of drug-likeness (QED) is 0.184. The fourth-order valence-corrected chi connectivity index (χ4v) is 7.66. The van der Waals surface area contributed by atoms with Gasteiger partial charge < -0.3 is 10.0 Å². The number of nitrogens with one attached hydrogen (secondary N) is 2. The zero-order valence-corrected chi connectivity index (χ0v) is 26.6. The van der Waals surface area contributed by atoms with Gasteiger partial charge in [-0.15, -0.1) is 0 Å². The molecular formula is C32H44F3N5O4S. The number of benzene rings is 1. The molecule has 2 aromatic rings. The SMILES string of the molecule is CCCCCCCCCCNC1(C#N)CC1.O=C(O)[C@@H]1C[C@@H](S(=O)(=O)c2ccccc2C(F)(F)F)CN1c1cc(C2CC2)[nH]n1. The largest absolute Gasteiger partial charge is 0.480 e. The lowest BCUT2D eigenvalue weighted by Gasteiger charge is -2.20. The van der Waals surface area contributed by atoms with Crippen molar-refractivity contribution in [1.82, 2.24) is 15.5 Å². The molecule has 0 radical (unpaired) electrons. The average molecular weight is 652 g/mol. The molecule has 0 spiro atoms. The predicted molar refractivity (Wildman–Crippen MR) is 165 cm³/mol. The summed E-state index contributed by atoms with van der Waals surface area (Å²) in [6, 6.07) is 6.83. The van der Waals surface area contributed by atoms with Crippen LogP contribution in [0.5, 0.6) is 0 Å². The predicted octanol–water partition coefficient (Wildman–Crippen LogP) is 6.58. The van der Waals surface area contributed by atoms with Gasteiger partial charge in [-0.25, -0.2) is 13.2 Å². The van der Waals surface area contributed by atoms with E-state index >= 15 is 0 Å². The van der Waals surface area contributed by atoms with Gasteiger partial charge >= 0.3 is 12.1 Å². The molecule has 13 heteroatoms. The van der Waals surface area contributed by atoms with Crippen LogP contribution in [0.4, 0.5) is 19.0 Å². The Bertz CT molecular complexity index is 1430. The number of alkyl halides is 3. The average Bonchev–Trinajstić information content (AvgIpc) is 3.91. The second kappa shape index (κ2) is 15.0. The highest BCUT2D eigenvalue weighted by atomic mass is 32.2. The number of hydrogen-bond donors (Lipinski definition) is 3. The Labute approximate surface area is 263 Å². The topological polar surface area (TPSA) is 139 Å². The molecule has 248 valence electrons. The molecule has 5 rings (SSSR count). The standard InChI is InChI=1S/C18H18F3N3O4S.C14H26N2/c19-18(20,21)12-3-1-2-4-15(12)29(27,28)11-7-14(17(25)26)24(9-11)16-8-13(22-23-16)10-5-6-10;1-2-3-4-5-6-7-8-9-12-16-14(13-15)10-11-14/h1-4,8,10-11,14H,5-7,9H2,(H,22,23)(H,25,26);16H,2-12H2,1H3/t11-,14+;/m1./s1. The number of sulfone groups is 1. The van der Waals surface area contributed by atoms with Crippen LogP contribution in [-0.2, 0) is 20.8 Å². The van der Waals surface area contributed by atoms with Crippen molar-refractivity contribution in [2.24, 2.45) is 0 Å². The maximum atomic E-state index is 13.3.